The van der Waals surface area contributed by atoms with Gasteiger partial charge >= 0.3 is 0 Å². The molecule has 1 heterocycles. The zero-order valence-electron chi connectivity index (χ0n) is 13.8. The second kappa shape index (κ2) is 7.28. The number of fused-ring (bicyclic) bond motifs is 1. The number of aromatic nitrogens is 1. The Bertz CT molecular complexity index is 1030. The van der Waals surface area contributed by atoms with Crippen LogP contribution in [0.1, 0.15) is 15.9 Å². The van der Waals surface area contributed by atoms with Crippen molar-refractivity contribution in [3.05, 3.63) is 95.0 Å². The molecule has 0 saturated carbocycles. The predicted molar refractivity (Wildman–Crippen MR) is 108 cm³/mol. The van der Waals surface area contributed by atoms with Crippen LogP contribution in [-0.2, 0) is 6.54 Å². The number of para-hydroxylation sites is 1. The number of carbonyl (C=O) groups excluding carboxylic acids is 1. The van der Waals surface area contributed by atoms with Crippen LogP contribution in [-0.4, -0.2) is 10.9 Å². The topological polar surface area (TPSA) is 33.2 Å². The molecule has 0 bridgehead atoms. The zero-order valence-corrected chi connectivity index (χ0v) is 15.4. The normalized spacial score (nSPS) is 10.8. The highest BCUT2D eigenvalue weighted by molar-refractivity contribution is 7.22. The molecule has 4 rings (SSSR count). The molecule has 0 aliphatic carbocycles. The summed E-state index contributed by atoms with van der Waals surface area (Å²) in [4.78, 5) is 19.6. The van der Waals surface area contributed by atoms with E-state index in [1.54, 1.807) is 17.0 Å². The van der Waals surface area contributed by atoms with E-state index in [0.717, 1.165) is 15.8 Å². The van der Waals surface area contributed by atoms with E-state index in [1.807, 2.05) is 66.7 Å². The van der Waals surface area contributed by atoms with Gasteiger partial charge in [0.25, 0.3) is 5.91 Å². The molecule has 0 aliphatic heterocycles. The first-order valence-corrected chi connectivity index (χ1v) is 9.38. The molecule has 26 heavy (non-hydrogen) atoms. The van der Waals surface area contributed by atoms with Crippen molar-refractivity contribution in [2.45, 2.75) is 6.54 Å². The fourth-order valence-electron chi connectivity index (χ4n) is 2.75. The van der Waals surface area contributed by atoms with Gasteiger partial charge < -0.3 is 0 Å². The van der Waals surface area contributed by atoms with Crippen LogP contribution in [0.2, 0.25) is 5.02 Å². The first kappa shape index (κ1) is 16.8. The fourth-order valence-corrected chi connectivity index (χ4v) is 3.93. The standard InChI is InChI=1S/C21H15ClN2OS/c22-17-11-5-4-10-16(17)20(25)24(14-15-8-2-1-3-9-15)21-23-18-12-6-7-13-19(18)26-21/h1-13H,14H2. The average Bonchev–Trinajstić information content (AvgIpc) is 3.10. The van der Waals surface area contributed by atoms with Gasteiger partial charge in [-0.2, -0.15) is 0 Å². The summed E-state index contributed by atoms with van der Waals surface area (Å²) in [7, 11) is 0. The van der Waals surface area contributed by atoms with Gasteiger partial charge in [-0.3, -0.25) is 9.69 Å². The van der Waals surface area contributed by atoms with E-state index in [9.17, 15) is 4.79 Å². The van der Waals surface area contributed by atoms with Gasteiger partial charge in [0.15, 0.2) is 5.13 Å². The number of anilines is 1. The Morgan fingerprint density at radius 2 is 1.62 bits per heavy atom. The summed E-state index contributed by atoms with van der Waals surface area (Å²) in [6.07, 6.45) is 0. The molecule has 3 aromatic carbocycles. The van der Waals surface area contributed by atoms with E-state index < -0.39 is 0 Å². The minimum absolute atomic E-state index is 0.154. The van der Waals surface area contributed by atoms with Crippen LogP contribution in [0.15, 0.2) is 78.9 Å². The van der Waals surface area contributed by atoms with E-state index in [1.165, 1.54) is 11.3 Å². The lowest BCUT2D eigenvalue weighted by atomic mass is 10.1. The van der Waals surface area contributed by atoms with Crippen molar-refractivity contribution in [2.24, 2.45) is 0 Å². The Morgan fingerprint density at radius 1 is 0.923 bits per heavy atom. The van der Waals surface area contributed by atoms with Crippen molar-refractivity contribution in [2.75, 3.05) is 4.90 Å². The highest BCUT2D eigenvalue weighted by Gasteiger charge is 2.23. The summed E-state index contributed by atoms with van der Waals surface area (Å²) in [6, 6.07) is 24.9. The van der Waals surface area contributed by atoms with Crippen LogP contribution < -0.4 is 4.90 Å². The number of carbonyl (C=O) groups is 1. The number of hydrogen-bond donors (Lipinski definition) is 0. The summed E-state index contributed by atoms with van der Waals surface area (Å²) < 4.78 is 1.05. The number of thiazole rings is 1. The van der Waals surface area contributed by atoms with Gasteiger partial charge in [0.05, 0.1) is 27.3 Å². The third kappa shape index (κ3) is 3.34. The molecule has 0 fully saturated rings. The molecule has 0 spiro atoms. The van der Waals surface area contributed by atoms with Gasteiger partial charge in [-0.15, -0.1) is 0 Å². The third-order valence-electron chi connectivity index (χ3n) is 4.05. The molecule has 0 radical (unpaired) electrons. The molecule has 0 unspecified atom stereocenters. The highest BCUT2D eigenvalue weighted by Crippen LogP contribution is 2.31. The smallest absolute Gasteiger partial charge is 0.261 e. The molecule has 0 aliphatic rings. The highest BCUT2D eigenvalue weighted by atomic mass is 35.5. The minimum Gasteiger partial charge on any atom is -0.279 e. The predicted octanol–water partition coefficient (Wildman–Crippen LogP) is 5.80. The van der Waals surface area contributed by atoms with E-state index in [4.69, 9.17) is 11.6 Å². The van der Waals surface area contributed by atoms with Crippen LogP contribution in [0.4, 0.5) is 5.13 Å². The number of amides is 1. The van der Waals surface area contributed by atoms with Crippen molar-refractivity contribution < 1.29 is 4.79 Å². The van der Waals surface area contributed by atoms with Crippen molar-refractivity contribution in [1.29, 1.82) is 0 Å². The second-order valence-corrected chi connectivity index (χ2v) is 7.24. The van der Waals surface area contributed by atoms with Gasteiger partial charge in [0.2, 0.25) is 0 Å². The summed E-state index contributed by atoms with van der Waals surface area (Å²) in [6.45, 7) is 0.435. The van der Waals surface area contributed by atoms with Crippen LogP contribution in [0.5, 0.6) is 0 Å². The summed E-state index contributed by atoms with van der Waals surface area (Å²) in [5, 5.41) is 1.11. The molecular formula is C21H15ClN2OS. The summed E-state index contributed by atoms with van der Waals surface area (Å²) in [5.74, 6) is -0.154. The van der Waals surface area contributed by atoms with E-state index in [2.05, 4.69) is 4.98 Å². The largest absolute Gasteiger partial charge is 0.279 e. The number of rotatable bonds is 4. The molecule has 3 nitrogen and oxygen atoms in total. The average molecular weight is 379 g/mol. The van der Waals surface area contributed by atoms with Gasteiger partial charge in [-0.1, -0.05) is 77.5 Å². The van der Waals surface area contributed by atoms with Gasteiger partial charge in [-0.25, -0.2) is 4.98 Å². The molecule has 0 N–H and O–H groups in total. The molecule has 4 aromatic rings. The Balaban J connectivity index is 1.78. The number of benzene rings is 3. The maximum absolute atomic E-state index is 13.3. The van der Waals surface area contributed by atoms with Crippen molar-refractivity contribution in [3.63, 3.8) is 0 Å². The molecule has 0 saturated heterocycles. The number of halogens is 1. The summed E-state index contributed by atoms with van der Waals surface area (Å²) in [5.41, 5.74) is 2.40. The van der Waals surface area contributed by atoms with Crippen LogP contribution in [0, 0.1) is 0 Å². The number of hydrogen-bond acceptors (Lipinski definition) is 3. The lowest BCUT2D eigenvalue weighted by Gasteiger charge is -2.20. The van der Waals surface area contributed by atoms with E-state index in [-0.39, 0.29) is 5.91 Å². The quantitative estimate of drug-likeness (QED) is 0.449. The monoisotopic (exact) mass is 378 g/mol. The maximum Gasteiger partial charge on any atom is 0.261 e. The summed E-state index contributed by atoms with van der Waals surface area (Å²) >= 11 is 7.77. The van der Waals surface area contributed by atoms with Crippen molar-refractivity contribution in [3.8, 4) is 0 Å². The Labute approximate surface area is 160 Å². The fraction of sp³-hybridized carbons (Fsp3) is 0.0476. The Morgan fingerprint density at radius 3 is 2.38 bits per heavy atom. The van der Waals surface area contributed by atoms with Crippen molar-refractivity contribution >= 4 is 44.2 Å². The molecule has 1 amide bonds. The molecule has 0 atom stereocenters. The first-order chi connectivity index (χ1) is 12.7. The zero-order chi connectivity index (χ0) is 17.9. The molecular weight excluding hydrogens is 364 g/mol. The van der Waals surface area contributed by atoms with Gasteiger partial charge in [-0.05, 0) is 29.8 Å². The molecule has 128 valence electrons. The second-order valence-electron chi connectivity index (χ2n) is 5.82. The van der Waals surface area contributed by atoms with Crippen LogP contribution >= 0.6 is 22.9 Å². The number of nitrogens with zero attached hydrogens (tertiary/aromatic N) is 2. The Hall–Kier alpha value is -2.69. The lowest BCUT2D eigenvalue weighted by molar-refractivity contribution is 0.0985. The SMILES string of the molecule is O=C(c1ccccc1Cl)N(Cc1ccccc1)c1nc2ccccc2s1. The van der Waals surface area contributed by atoms with Gasteiger partial charge in [0, 0.05) is 0 Å². The minimum atomic E-state index is -0.154. The molecule has 1 aromatic heterocycles. The maximum atomic E-state index is 13.3. The van der Waals surface area contributed by atoms with E-state index in [0.29, 0.717) is 22.3 Å². The van der Waals surface area contributed by atoms with Gasteiger partial charge in [0.1, 0.15) is 0 Å². The first-order valence-electron chi connectivity index (χ1n) is 8.18. The van der Waals surface area contributed by atoms with E-state index >= 15 is 0 Å². The third-order valence-corrected chi connectivity index (χ3v) is 5.44. The molecule has 5 heteroatoms. The van der Waals surface area contributed by atoms with Crippen LogP contribution in [0.3, 0.4) is 0 Å². The van der Waals surface area contributed by atoms with Crippen molar-refractivity contribution in [1.82, 2.24) is 4.98 Å². The Kier molecular flexibility index (Phi) is 4.69. The lowest BCUT2D eigenvalue weighted by Crippen LogP contribution is -2.30. The van der Waals surface area contributed by atoms with Crippen LogP contribution in [0.25, 0.3) is 10.2 Å².